The van der Waals surface area contributed by atoms with Gasteiger partial charge in [0.15, 0.2) is 5.72 Å². The second-order valence-electron chi connectivity index (χ2n) is 7.50. The second kappa shape index (κ2) is 5.79. The topological polar surface area (TPSA) is 99.1 Å². The molecule has 3 amide bonds. The number of carbonyl (C=O) groups is 2. The number of hydrogen-bond donors (Lipinski definition) is 3. The molecule has 0 aromatic rings. The standard InChI is InChI=1S/C16H25BrN2O5/c1-13(2)15(4,23)14(3,9-20)24-16(13,5)19-8-10(6-7-17)11(21)18-12(19)22/h6-7,10,20,23H,8-9H2,1-5H3,(H,18,21,22)/b7-6+/t10?,14-,15?,16-/m1/s1. The lowest BCUT2D eigenvalue weighted by Crippen LogP contribution is -2.67. The highest BCUT2D eigenvalue weighted by Crippen LogP contribution is 2.58. The van der Waals surface area contributed by atoms with Gasteiger partial charge >= 0.3 is 6.03 Å². The van der Waals surface area contributed by atoms with Crippen LogP contribution in [0.25, 0.3) is 0 Å². The Kier molecular flexibility index (Phi) is 4.67. The van der Waals surface area contributed by atoms with Gasteiger partial charge in [-0.15, -0.1) is 0 Å². The third kappa shape index (κ3) is 2.34. The van der Waals surface area contributed by atoms with E-state index in [1.165, 1.54) is 4.90 Å². The average molecular weight is 405 g/mol. The lowest BCUT2D eigenvalue weighted by molar-refractivity contribution is -0.196. The number of halogens is 1. The number of amides is 3. The van der Waals surface area contributed by atoms with E-state index in [9.17, 15) is 19.8 Å². The van der Waals surface area contributed by atoms with Gasteiger partial charge in [-0.05, 0) is 25.8 Å². The summed E-state index contributed by atoms with van der Waals surface area (Å²) in [6.45, 7) is 8.19. The Hall–Kier alpha value is -0.960. The maximum atomic E-state index is 12.5. The van der Waals surface area contributed by atoms with Gasteiger partial charge in [0.05, 0.1) is 12.5 Å². The number of imide groups is 1. The number of urea groups is 1. The Bertz CT molecular complexity index is 591. The molecule has 0 bridgehead atoms. The Morgan fingerprint density at radius 1 is 1.33 bits per heavy atom. The van der Waals surface area contributed by atoms with Crippen LogP contribution in [0.3, 0.4) is 0 Å². The first-order valence-corrected chi connectivity index (χ1v) is 8.72. The first kappa shape index (κ1) is 19.4. The monoisotopic (exact) mass is 404 g/mol. The number of carbonyl (C=O) groups excluding carboxylic acids is 2. The van der Waals surface area contributed by atoms with Gasteiger partial charge in [-0.1, -0.05) is 35.9 Å². The summed E-state index contributed by atoms with van der Waals surface area (Å²) in [4.78, 5) is 27.4. The number of rotatable bonds is 3. The van der Waals surface area contributed by atoms with Gasteiger partial charge in [-0.2, -0.15) is 0 Å². The van der Waals surface area contributed by atoms with E-state index >= 15 is 0 Å². The maximum Gasteiger partial charge on any atom is 0.326 e. The van der Waals surface area contributed by atoms with Crippen molar-refractivity contribution in [1.82, 2.24) is 10.2 Å². The zero-order valence-electron chi connectivity index (χ0n) is 14.6. The molecule has 0 radical (unpaired) electrons. The van der Waals surface area contributed by atoms with Gasteiger partial charge in [0.2, 0.25) is 5.91 Å². The van der Waals surface area contributed by atoms with Crippen LogP contribution < -0.4 is 5.32 Å². The molecule has 2 aliphatic heterocycles. The van der Waals surface area contributed by atoms with Crippen molar-refractivity contribution in [1.29, 1.82) is 0 Å². The van der Waals surface area contributed by atoms with Crippen LogP contribution in [0.4, 0.5) is 4.79 Å². The summed E-state index contributed by atoms with van der Waals surface area (Å²) in [5, 5.41) is 23.2. The number of ether oxygens (including phenoxy) is 1. The van der Waals surface area contributed by atoms with Crippen molar-refractivity contribution in [2.24, 2.45) is 11.3 Å². The quantitative estimate of drug-likeness (QED) is 0.658. The fraction of sp³-hybridized carbons (Fsp3) is 0.750. The minimum Gasteiger partial charge on any atom is -0.393 e. The van der Waals surface area contributed by atoms with Crippen LogP contribution in [-0.2, 0) is 9.53 Å². The molecule has 8 heteroatoms. The molecule has 0 aliphatic carbocycles. The van der Waals surface area contributed by atoms with Crippen molar-refractivity contribution < 1.29 is 24.5 Å². The molecule has 2 heterocycles. The Morgan fingerprint density at radius 2 is 1.92 bits per heavy atom. The summed E-state index contributed by atoms with van der Waals surface area (Å²) in [5.41, 5.74) is -4.81. The Morgan fingerprint density at radius 3 is 2.38 bits per heavy atom. The van der Waals surface area contributed by atoms with Crippen LogP contribution in [0, 0.1) is 11.3 Å². The summed E-state index contributed by atoms with van der Waals surface area (Å²) >= 11 is 3.15. The summed E-state index contributed by atoms with van der Waals surface area (Å²) in [6, 6.07) is -0.576. The first-order valence-electron chi connectivity index (χ1n) is 7.81. The molecule has 0 spiro atoms. The summed E-state index contributed by atoms with van der Waals surface area (Å²) in [7, 11) is 0. The first-order chi connectivity index (χ1) is 10.9. The second-order valence-corrected chi connectivity index (χ2v) is 8.03. The zero-order chi connectivity index (χ0) is 18.6. The van der Waals surface area contributed by atoms with Gasteiger partial charge in [-0.25, -0.2) is 4.79 Å². The molecular formula is C16H25BrN2O5. The smallest absolute Gasteiger partial charge is 0.326 e. The highest BCUT2D eigenvalue weighted by Gasteiger charge is 2.72. The minimum absolute atomic E-state index is 0.115. The molecule has 2 rings (SSSR count). The number of nitrogens with one attached hydrogen (secondary N) is 1. The fourth-order valence-electron chi connectivity index (χ4n) is 3.59. The number of nitrogens with zero attached hydrogens (tertiary/aromatic N) is 1. The highest BCUT2D eigenvalue weighted by molar-refractivity contribution is 9.11. The third-order valence-corrected chi connectivity index (χ3v) is 6.45. The maximum absolute atomic E-state index is 12.5. The van der Waals surface area contributed by atoms with E-state index in [-0.39, 0.29) is 12.5 Å². The summed E-state index contributed by atoms with van der Waals surface area (Å²) in [5.74, 6) is -0.924. The van der Waals surface area contributed by atoms with Crippen molar-refractivity contribution in [2.45, 2.75) is 51.5 Å². The van der Waals surface area contributed by atoms with Crippen LogP contribution in [0.5, 0.6) is 0 Å². The molecule has 2 fully saturated rings. The Balaban J connectivity index is 2.49. The molecule has 4 atom stereocenters. The van der Waals surface area contributed by atoms with Gasteiger partial charge in [0.1, 0.15) is 11.2 Å². The fourth-order valence-corrected chi connectivity index (χ4v) is 3.96. The minimum atomic E-state index is -1.41. The lowest BCUT2D eigenvalue weighted by Gasteiger charge is -2.50. The van der Waals surface area contributed by atoms with Crippen molar-refractivity contribution in [3.8, 4) is 0 Å². The molecule has 0 aromatic heterocycles. The van der Waals surface area contributed by atoms with Crippen LogP contribution >= 0.6 is 15.9 Å². The van der Waals surface area contributed by atoms with Crippen LogP contribution in [0.1, 0.15) is 34.6 Å². The molecule has 136 valence electrons. The van der Waals surface area contributed by atoms with Crippen LogP contribution in [0.15, 0.2) is 11.1 Å². The average Bonchev–Trinajstić information content (AvgIpc) is 2.58. The zero-order valence-corrected chi connectivity index (χ0v) is 16.2. The molecular weight excluding hydrogens is 380 g/mol. The van der Waals surface area contributed by atoms with Gasteiger partial charge < -0.3 is 14.9 Å². The van der Waals surface area contributed by atoms with Crippen molar-refractivity contribution in [3.05, 3.63) is 11.1 Å². The predicted octanol–water partition coefficient (Wildman–Crippen LogP) is 1.34. The highest BCUT2D eigenvalue weighted by atomic mass is 79.9. The molecule has 0 saturated carbocycles. The molecule has 2 aliphatic rings. The molecule has 24 heavy (non-hydrogen) atoms. The molecule has 0 aromatic carbocycles. The molecule has 2 saturated heterocycles. The predicted molar refractivity (Wildman–Crippen MR) is 91.2 cm³/mol. The van der Waals surface area contributed by atoms with E-state index in [0.717, 1.165) is 0 Å². The van der Waals surface area contributed by atoms with E-state index in [1.54, 1.807) is 45.7 Å². The normalized spacial score (nSPS) is 42.7. The number of aliphatic hydroxyl groups excluding tert-OH is 1. The van der Waals surface area contributed by atoms with Crippen molar-refractivity contribution in [2.75, 3.05) is 13.2 Å². The van der Waals surface area contributed by atoms with Crippen molar-refractivity contribution in [3.63, 3.8) is 0 Å². The molecule has 2 unspecified atom stereocenters. The van der Waals surface area contributed by atoms with Gasteiger partial charge in [0, 0.05) is 12.0 Å². The lowest BCUT2D eigenvalue weighted by atomic mass is 9.65. The van der Waals surface area contributed by atoms with E-state index in [4.69, 9.17) is 4.74 Å². The summed E-state index contributed by atoms with van der Waals surface area (Å²) in [6.07, 6.45) is 1.64. The van der Waals surface area contributed by atoms with Gasteiger partial charge in [0.25, 0.3) is 0 Å². The number of aliphatic hydroxyl groups is 2. The van der Waals surface area contributed by atoms with Crippen molar-refractivity contribution >= 4 is 27.9 Å². The largest absolute Gasteiger partial charge is 0.393 e. The Labute approximate surface area is 150 Å². The third-order valence-electron chi connectivity index (χ3n) is 6.14. The van der Waals surface area contributed by atoms with E-state index in [0.29, 0.717) is 0 Å². The molecule has 7 nitrogen and oxygen atoms in total. The SMILES string of the molecule is CC1(O)C(C)(C)[C@](C)(N2CC(/C=C/Br)C(=O)NC2=O)O[C@]1(C)CO. The van der Waals surface area contributed by atoms with E-state index in [1.807, 2.05) is 0 Å². The van der Waals surface area contributed by atoms with Gasteiger partial charge in [-0.3, -0.25) is 15.0 Å². The van der Waals surface area contributed by atoms with E-state index < -0.39 is 40.9 Å². The summed E-state index contributed by atoms with van der Waals surface area (Å²) < 4.78 is 6.11. The molecule has 3 N–H and O–H groups in total. The number of hydrogen-bond acceptors (Lipinski definition) is 5. The van der Waals surface area contributed by atoms with Crippen LogP contribution in [-0.4, -0.2) is 57.1 Å². The van der Waals surface area contributed by atoms with E-state index in [2.05, 4.69) is 21.2 Å². The van der Waals surface area contributed by atoms with Crippen LogP contribution in [0.2, 0.25) is 0 Å².